The zero-order valence-electron chi connectivity index (χ0n) is 19.0. The second kappa shape index (κ2) is 17.7. The molecule has 3 aromatic carbocycles. The molecular formula is C26H33N3O5. The molecule has 0 aliphatic heterocycles. The summed E-state index contributed by atoms with van der Waals surface area (Å²) in [4.78, 5) is 30.7. The second-order valence-corrected chi connectivity index (χ2v) is 7.04. The Hall–Kier alpha value is -3.85. The van der Waals surface area contributed by atoms with Crippen LogP contribution in [-0.4, -0.2) is 41.0 Å². The SMILES string of the molecule is N.NCCC[C@H](N)C(=O)O.O=C(O)Cc1ccccc1.O=Cc1ccc(-c2ccccc2)cc1. The number of hydrogen-bond acceptors (Lipinski definition) is 6. The van der Waals surface area contributed by atoms with E-state index in [1.807, 2.05) is 60.7 Å². The molecule has 3 aromatic rings. The first-order chi connectivity index (χ1) is 15.9. The van der Waals surface area contributed by atoms with Crippen LogP contribution < -0.4 is 17.6 Å². The molecule has 0 heterocycles. The van der Waals surface area contributed by atoms with Crippen LogP contribution in [-0.2, 0) is 16.0 Å². The van der Waals surface area contributed by atoms with Crippen LogP contribution in [0, 0.1) is 0 Å². The van der Waals surface area contributed by atoms with E-state index in [2.05, 4.69) is 12.1 Å². The van der Waals surface area contributed by atoms with Crippen molar-refractivity contribution in [3.8, 4) is 11.1 Å². The minimum atomic E-state index is -0.955. The Kier molecular flexibility index (Phi) is 15.7. The highest BCUT2D eigenvalue weighted by Gasteiger charge is 2.08. The molecule has 0 fully saturated rings. The molecule has 0 unspecified atom stereocenters. The highest BCUT2D eigenvalue weighted by Crippen LogP contribution is 2.18. The Labute approximate surface area is 199 Å². The van der Waals surface area contributed by atoms with Crippen LogP contribution in [0.5, 0.6) is 0 Å². The van der Waals surface area contributed by atoms with Crippen LogP contribution in [0.25, 0.3) is 11.1 Å². The summed E-state index contributed by atoms with van der Waals surface area (Å²) in [6, 6.07) is 26.1. The standard InChI is InChI=1S/C13H10O.C8H8O2.C5H12N2O2.H3N/c14-10-11-6-8-13(9-7-11)12-4-2-1-3-5-12;9-8(10)6-7-4-2-1-3-5-7;6-3-1-2-4(7)5(8)9;/h1-10H;1-5H,6H2,(H,9,10);4H,1-3,6-7H2,(H,8,9);1H3/t;;4-;/m..0./s1. The van der Waals surface area contributed by atoms with Gasteiger partial charge in [-0.15, -0.1) is 0 Å². The van der Waals surface area contributed by atoms with Crippen molar-refractivity contribution >= 4 is 18.2 Å². The molecule has 0 radical (unpaired) electrons. The number of aliphatic carboxylic acids is 2. The van der Waals surface area contributed by atoms with Gasteiger partial charge in [0.1, 0.15) is 12.3 Å². The summed E-state index contributed by atoms with van der Waals surface area (Å²) in [6.07, 6.45) is 2.11. The zero-order chi connectivity index (χ0) is 24.5. The number of carbonyl (C=O) groups is 3. The van der Waals surface area contributed by atoms with Gasteiger partial charge in [0.2, 0.25) is 0 Å². The van der Waals surface area contributed by atoms with Gasteiger partial charge in [-0.05, 0) is 36.1 Å². The monoisotopic (exact) mass is 467 g/mol. The molecule has 34 heavy (non-hydrogen) atoms. The fourth-order valence-corrected chi connectivity index (χ4v) is 2.62. The van der Waals surface area contributed by atoms with Crippen LogP contribution in [0.15, 0.2) is 84.9 Å². The molecule has 0 bridgehead atoms. The minimum absolute atomic E-state index is 0. The Morgan fingerprint density at radius 3 is 1.76 bits per heavy atom. The summed E-state index contributed by atoms with van der Waals surface area (Å²) in [5.74, 6) is -1.74. The van der Waals surface area contributed by atoms with Gasteiger partial charge in [0.25, 0.3) is 0 Å². The average molecular weight is 468 g/mol. The summed E-state index contributed by atoms with van der Waals surface area (Å²) in [5.41, 5.74) is 14.1. The van der Waals surface area contributed by atoms with Crippen LogP contribution in [0.4, 0.5) is 0 Å². The first-order valence-electron chi connectivity index (χ1n) is 10.4. The van der Waals surface area contributed by atoms with E-state index in [0.29, 0.717) is 24.9 Å². The lowest BCUT2D eigenvalue weighted by Crippen LogP contribution is -2.30. The largest absolute Gasteiger partial charge is 0.481 e. The number of carboxylic acids is 2. The maximum absolute atomic E-state index is 10.5. The van der Waals surface area contributed by atoms with Gasteiger partial charge in [-0.1, -0.05) is 84.9 Å². The molecule has 0 saturated carbocycles. The van der Waals surface area contributed by atoms with Crippen molar-refractivity contribution in [1.82, 2.24) is 6.15 Å². The van der Waals surface area contributed by atoms with E-state index in [0.717, 1.165) is 17.4 Å². The van der Waals surface area contributed by atoms with Crippen LogP contribution >= 0.6 is 0 Å². The predicted octanol–water partition coefficient (Wildman–Crippen LogP) is 3.78. The van der Waals surface area contributed by atoms with Crippen molar-refractivity contribution in [2.45, 2.75) is 25.3 Å². The summed E-state index contributed by atoms with van der Waals surface area (Å²) in [7, 11) is 0. The molecule has 0 aliphatic rings. The summed E-state index contributed by atoms with van der Waals surface area (Å²) >= 11 is 0. The first-order valence-corrected chi connectivity index (χ1v) is 10.4. The Morgan fingerprint density at radius 1 is 0.824 bits per heavy atom. The van der Waals surface area contributed by atoms with Gasteiger partial charge in [0.15, 0.2) is 0 Å². The Morgan fingerprint density at radius 2 is 1.32 bits per heavy atom. The molecule has 0 aliphatic carbocycles. The van der Waals surface area contributed by atoms with Gasteiger partial charge in [-0.3, -0.25) is 14.4 Å². The fourth-order valence-electron chi connectivity index (χ4n) is 2.62. The number of nitrogens with two attached hydrogens (primary N) is 2. The topological polar surface area (TPSA) is 179 Å². The third kappa shape index (κ3) is 12.9. The molecule has 3 rings (SSSR count). The third-order valence-corrected chi connectivity index (χ3v) is 4.39. The van der Waals surface area contributed by atoms with Crippen molar-refractivity contribution in [1.29, 1.82) is 0 Å². The predicted molar refractivity (Wildman–Crippen MR) is 134 cm³/mol. The number of carbonyl (C=O) groups excluding carboxylic acids is 1. The number of rotatable bonds is 8. The minimum Gasteiger partial charge on any atom is -0.481 e. The quantitative estimate of drug-likeness (QED) is 0.310. The molecule has 9 N–H and O–H groups in total. The first kappa shape index (κ1) is 30.2. The number of aldehydes is 1. The van der Waals surface area contributed by atoms with Crippen molar-refractivity contribution in [2.75, 3.05) is 6.54 Å². The molecule has 0 aromatic heterocycles. The van der Waals surface area contributed by atoms with E-state index < -0.39 is 18.0 Å². The molecular weight excluding hydrogens is 434 g/mol. The van der Waals surface area contributed by atoms with E-state index in [1.54, 1.807) is 12.1 Å². The lowest BCUT2D eigenvalue weighted by atomic mass is 10.0. The van der Waals surface area contributed by atoms with Crippen molar-refractivity contribution in [3.63, 3.8) is 0 Å². The molecule has 8 nitrogen and oxygen atoms in total. The molecule has 0 saturated heterocycles. The van der Waals surface area contributed by atoms with Gasteiger partial charge in [-0.25, -0.2) is 0 Å². The van der Waals surface area contributed by atoms with Crippen molar-refractivity contribution in [3.05, 3.63) is 96.1 Å². The van der Waals surface area contributed by atoms with E-state index in [1.165, 1.54) is 5.56 Å². The van der Waals surface area contributed by atoms with Gasteiger partial charge in [0, 0.05) is 5.56 Å². The Balaban J connectivity index is 0.000000491. The fraction of sp³-hybridized carbons (Fsp3) is 0.192. The number of carboxylic acid groups (broad SMARTS) is 2. The van der Waals surface area contributed by atoms with E-state index >= 15 is 0 Å². The highest BCUT2D eigenvalue weighted by molar-refractivity contribution is 5.76. The van der Waals surface area contributed by atoms with E-state index in [9.17, 15) is 14.4 Å². The summed E-state index contributed by atoms with van der Waals surface area (Å²) in [5, 5.41) is 16.6. The van der Waals surface area contributed by atoms with E-state index in [-0.39, 0.29) is 12.6 Å². The lowest BCUT2D eigenvalue weighted by Gasteiger charge is -2.02. The molecule has 8 heteroatoms. The highest BCUT2D eigenvalue weighted by atomic mass is 16.4. The average Bonchev–Trinajstić information content (AvgIpc) is 2.84. The van der Waals surface area contributed by atoms with Gasteiger partial charge < -0.3 is 27.8 Å². The maximum atomic E-state index is 10.5. The number of hydrogen-bond donors (Lipinski definition) is 5. The smallest absolute Gasteiger partial charge is 0.320 e. The summed E-state index contributed by atoms with van der Waals surface area (Å²) in [6.45, 7) is 0.501. The second-order valence-electron chi connectivity index (χ2n) is 7.04. The van der Waals surface area contributed by atoms with Crippen molar-refractivity contribution < 1.29 is 24.6 Å². The zero-order valence-corrected chi connectivity index (χ0v) is 19.0. The van der Waals surface area contributed by atoms with Gasteiger partial charge >= 0.3 is 11.9 Å². The maximum Gasteiger partial charge on any atom is 0.320 e. The van der Waals surface area contributed by atoms with Crippen LogP contribution in [0.3, 0.4) is 0 Å². The Bertz CT molecular complexity index is 965. The normalized spacial score (nSPS) is 10.2. The van der Waals surface area contributed by atoms with Crippen LogP contribution in [0.2, 0.25) is 0 Å². The third-order valence-electron chi connectivity index (χ3n) is 4.39. The van der Waals surface area contributed by atoms with Gasteiger partial charge in [-0.2, -0.15) is 0 Å². The summed E-state index contributed by atoms with van der Waals surface area (Å²) < 4.78 is 0. The molecule has 0 spiro atoms. The van der Waals surface area contributed by atoms with Crippen molar-refractivity contribution in [2.24, 2.45) is 11.5 Å². The molecule has 1 atom stereocenters. The lowest BCUT2D eigenvalue weighted by molar-refractivity contribution is -0.139. The van der Waals surface area contributed by atoms with E-state index in [4.69, 9.17) is 21.7 Å². The van der Waals surface area contributed by atoms with Gasteiger partial charge in [0.05, 0.1) is 6.42 Å². The molecule has 182 valence electrons. The van der Waals surface area contributed by atoms with Crippen LogP contribution in [0.1, 0.15) is 28.8 Å². The molecule has 0 amide bonds. The number of benzene rings is 3.